The fourth-order valence-corrected chi connectivity index (χ4v) is 5.81. The van der Waals surface area contributed by atoms with E-state index in [-0.39, 0.29) is 17.8 Å². The number of amides is 1. The second kappa shape index (κ2) is 8.93. The molecular weight excluding hydrogens is 367 g/mol. The second-order valence-corrected chi connectivity index (χ2v) is 9.16. The molecule has 26 heavy (non-hydrogen) atoms. The molecule has 0 saturated carbocycles. The molecule has 0 aromatic heterocycles. The second-order valence-electron chi connectivity index (χ2n) is 6.44. The lowest BCUT2D eigenvalue weighted by molar-refractivity contribution is 0.0942. The predicted octanol–water partition coefficient (Wildman–Crippen LogP) is 4.34. The fourth-order valence-electron chi connectivity index (χ4n) is 2.95. The van der Waals surface area contributed by atoms with Crippen molar-refractivity contribution < 1.29 is 9.18 Å². The van der Waals surface area contributed by atoms with Crippen LogP contribution in [0.15, 0.2) is 48.5 Å². The van der Waals surface area contributed by atoms with Crippen LogP contribution in [-0.2, 0) is 0 Å². The van der Waals surface area contributed by atoms with Crippen molar-refractivity contribution in [1.29, 1.82) is 0 Å². The van der Waals surface area contributed by atoms with E-state index < -0.39 is 0 Å². The van der Waals surface area contributed by atoms with Crippen molar-refractivity contribution in [1.82, 2.24) is 10.2 Å². The minimum absolute atomic E-state index is 0.0831. The van der Waals surface area contributed by atoms with Crippen LogP contribution in [0.5, 0.6) is 0 Å². The van der Waals surface area contributed by atoms with Crippen molar-refractivity contribution >= 4 is 29.4 Å². The number of benzene rings is 2. The molecule has 6 heteroatoms. The summed E-state index contributed by atoms with van der Waals surface area (Å²) in [6.07, 6.45) is 0. The minimum Gasteiger partial charge on any atom is -0.350 e. The predicted molar refractivity (Wildman–Crippen MR) is 109 cm³/mol. The molecule has 0 spiro atoms. The number of halogens is 1. The van der Waals surface area contributed by atoms with Gasteiger partial charge in [-0.2, -0.15) is 0 Å². The van der Waals surface area contributed by atoms with Gasteiger partial charge in [-0.3, -0.25) is 4.79 Å². The zero-order chi connectivity index (χ0) is 18.5. The highest BCUT2D eigenvalue weighted by atomic mass is 32.2. The van der Waals surface area contributed by atoms with Gasteiger partial charge in [-0.05, 0) is 49.5 Å². The summed E-state index contributed by atoms with van der Waals surface area (Å²) in [5.74, 6) is 2.00. The molecule has 2 aromatic carbocycles. The lowest BCUT2D eigenvalue weighted by Gasteiger charge is -2.25. The quantitative estimate of drug-likeness (QED) is 0.795. The van der Waals surface area contributed by atoms with E-state index in [9.17, 15) is 9.18 Å². The third-order valence-electron chi connectivity index (χ3n) is 4.38. The Morgan fingerprint density at radius 1 is 1.19 bits per heavy atom. The van der Waals surface area contributed by atoms with Crippen molar-refractivity contribution in [2.75, 3.05) is 32.1 Å². The molecule has 1 amide bonds. The zero-order valence-electron chi connectivity index (χ0n) is 14.9. The average Bonchev–Trinajstić information content (AvgIpc) is 3.16. The van der Waals surface area contributed by atoms with Crippen LogP contribution in [-0.4, -0.2) is 43.0 Å². The van der Waals surface area contributed by atoms with Crippen LogP contribution in [0.4, 0.5) is 4.39 Å². The lowest BCUT2D eigenvalue weighted by Crippen LogP contribution is -2.34. The van der Waals surface area contributed by atoms with Crippen LogP contribution in [0, 0.1) is 5.82 Å². The van der Waals surface area contributed by atoms with Gasteiger partial charge in [0.1, 0.15) is 5.82 Å². The molecule has 1 heterocycles. The van der Waals surface area contributed by atoms with Crippen LogP contribution < -0.4 is 5.32 Å². The Kier molecular flexibility index (Phi) is 6.62. The number of rotatable bonds is 6. The molecule has 1 saturated heterocycles. The topological polar surface area (TPSA) is 32.3 Å². The first kappa shape index (κ1) is 19.3. The number of nitrogens with zero attached hydrogens (tertiary/aromatic N) is 1. The molecule has 1 aliphatic heterocycles. The van der Waals surface area contributed by atoms with Crippen LogP contribution in [0.1, 0.15) is 32.1 Å². The van der Waals surface area contributed by atoms with Crippen molar-refractivity contribution in [3.8, 4) is 0 Å². The number of carbonyl (C=O) groups excluding carboxylic acids is 1. The monoisotopic (exact) mass is 390 g/mol. The number of carbonyl (C=O) groups is 1. The molecule has 0 bridgehead atoms. The molecule has 2 aromatic rings. The maximum absolute atomic E-state index is 13.5. The molecular formula is C20H23FN2OS2. The van der Waals surface area contributed by atoms with Crippen LogP contribution in [0.25, 0.3) is 0 Å². The van der Waals surface area contributed by atoms with Crippen molar-refractivity contribution in [2.24, 2.45) is 0 Å². The fraction of sp³-hybridized carbons (Fsp3) is 0.350. The van der Waals surface area contributed by atoms with Gasteiger partial charge in [-0.25, -0.2) is 4.39 Å². The Balaban J connectivity index is 1.63. The molecule has 1 atom stereocenters. The van der Waals surface area contributed by atoms with E-state index in [4.69, 9.17) is 0 Å². The van der Waals surface area contributed by atoms with E-state index >= 15 is 0 Å². The normalized spacial score (nSPS) is 16.0. The van der Waals surface area contributed by atoms with Crippen LogP contribution in [0.2, 0.25) is 0 Å². The lowest BCUT2D eigenvalue weighted by atomic mass is 10.1. The van der Waals surface area contributed by atoms with Gasteiger partial charge >= 0.3 is 0 Å². The molecule has 0 aliphatic carbocycles. The summed E-state index contributed by atoms with van der Waals surface area (Å²) in [5, 5.41) is 2.97. The van der Waals surface area contributed by atoms with E-state index in [0.717, 1.165) is 5.56 Å². The summed E-state index contributed by atoms with van der Waals surface area (Å²) in [7, 11) is 3.85. The average molecular weight is 391 g/mol. The molecule has 3 rings (SSSR count). The number of nitrogens with one attached hydrogen (secondary N) is 1. The van der Waals surface area contributed by atoms with E-state index in [2.05, 4.69) is 5.32 Å². The van der Waals surface area contributed by atoms with E-state index in [1.807, 2.05) is 72.9 Å². The zero-order valence-corrected chi connectivity index (χ0v) is 16.6. The number of hydrogen-bond acceptors (Lipinski definition) is 4. The summed E-state index contributed by atoms with van der Waals surface area (Å²) in [5.41, 5.74) is 2.76. The van der Waals surface area contributed by atoms with Crippen molar-refractivity contribution in [3.63, 3.8) is 0 Å². The van der Waals surface area contributed by atoms with Crippen LogP contribution in [0.3, 0.4) is 0 Å². The molecule has 3 nitrogen and oxygen atoms in total. The van der Waals surface area contributed by atoms with Gasteiger partial charge in [0, 0.05) is 23.6 Å². The third-order valence-corrected chi connectivity index (χ3v) is 7.48. The van der Waals surface area contributed by atoms with Crippen LogP contribution >= 0.6 is 23.5 Å². The Morgan fingerprint density at radius 2 is 1.88 bits per heavy atom. The maximum atomic E-state index is 13.5. The summed E-state index contributed by atoms with van der Waals surface area (Å²) >= 11 is 3.90. The van der Waals surface area contributed by atoms with Gasteiger partial charge in [0.2, 0.25) is 0 Å². The van der Waals surface area contributed by atoms with Crippen molar-refractivity contribution in [3.05, 3.63) is 71.0 Å². The first-order valence-electron chi connectivity index (χ1n) is 8.58. The van der Waals surface area contributed by atoms with Gasteiger partial charge in [0.15, 0.2) is 0 Å². The van der Waals surface area contributed by atoms with E-state index in [0.29, 0.717) is 16.7 Å². The molecule has 1 N–H and O–H groups in total. The Hall–Kier alpha value is -1.50. The van der Waals surface area contributed by atoms with Gasteiger partial charge in [-0.15, -0.1) is 23.5 Å². The summed E-state index contributed by atoms with van der Waals surface area (Å²) in [4.78, 5) is 14.5. The SMILES string of the molecule is CN(C)[C@@H](CNC(=O)c1ccc(C2SCCS2)cc1)c1cccc(F)c1. The molecule has 0 unspecified atom stereocenters. The standard InChI is InChI=1S/C20H23FN2OS2/c1-23(2)18(16-4-3-5-17(21)12-16)13-22-19(24)14-6-8-15(9-7-14)20-25-10-11-26-20/h3-9,12,18,20H,10-11,13H2,1-2H3,(H,22,24)/t18-/m0/s1. The van der Waals surface area contributed by atoms with Gasteiger partial charge in [0.05, 0.1) is 10.6 Å². The summed E-state index contributed by atoms with van der Waals surface area (Å²) in [6.45, 7) is 0.422. The summed E-state index contributed by atoms with van der Waals surface area (Å²) < 4.78 is 14.0. The molecule has 1 aliphatic rings. The largest absolute Gasteiger partial charge is 0.350 e. The highest BCUT2D eigenvalue weighted by molar-refractivity contribution is 8.19. The highest BCUT2D eigenvalue weighted by Crippen LogP contribution is 2.45. The number of hydrogen-bond donors (Lipinski definition) is 1. The smallest absolute Gasteiger partial charge is 0.251 e. The maximum Gasteiger partial charge on any atom is 0.251 e. The minimum atomic E-state index is -0.265. The Bertz CT molecular complexity index is 746. The van der Waals surface area contributed by atoms with E-state index in [1.54, 1.807) is 6.07 Å². The van der Waals surface area contributed by atoms with Crippen molar-refractivity contribution in [2.45, 2.75) is 10.6 Å². The molecule has 0 radical (unpaired) electrons. The Morgan fingerprint density at radius 3 is 2.50 bits per heavy atom. The Labute approximate surface area is 162 Å². The highest BCUT2D eigenvalue weighted by Gasteiger charge is 2.19. The summed E-state index contributed by atoms with van der Waals surface area (Å²) in [6, 6.07) is 14.3. The van der Waals surface area contributed by atoms with Gasteiger partial charge < -0.3 is 10.2 Å². The third kappa shape index (κ3) is 4.81. The number of thioether (sulfide) groups is 2. The molecule has 1 fully saturated rings. The first-order chi connectivity index (χ1) is 12.5. The van der Waals surface area contributed by atoms with Gasteiger partial charge in [0.25, 0.3) is 5.91 Å². The number of likely N-dealkylation sites (N-methyl/N-ethyl adjacent to an activating group) is 1. The molecule has 138 valence electrons. The first-order valence-corrected chi connectivity index (χ1v) is 10.7. The van der Waals surface area contributed by atoms with Gasteiger partial charge in [-0.1, -0.05) is 24.3 Å². The van der Waals surface area contributed by atoms with E-state index in [1.165, 1.54) is 29.2 Å².